The summed E-state index contributed by atoms with van der Waals surface area (Å²) in [5, 5.41) is 0. The van der Waals surface area contributed by atoms with Crippen LogP contribution in [0.3, 0.4) is 0 Å². The number of benzene rings is 1. The SMILES string of the molecule is CC1OC1COc1c(C23CC4CC(CC(C4)C2)C3)cccc1C12CC3CC(CC(C3)C1)C2. The molecule has 8 saturated carbocycles. The Morgan fingerprint density at radius 1 is 0.719 bits per heavy atom. The molecule has 1 aromatic rings. The van der Waals surface area contributed by atoms with Crippen LogP contribution in [0.15, 0.2) is 18.2 Å². The van der Waals surface area contributed by atoms with E-state index in [-0.39, 0.29) is 0 Å². The van der Waals surface area contributed by atoms with E-state index in [1.807, 2.05) is 0 Å². The molecule has 2 nitrogen and oxygen atoms in total. The van der Waals surface area contributed by atoms with Crippen LogP contribution in [0.2, 0.25) is 0 Å². The molecular weight excluding hydrogens is 392 g/mol. The first kappa shape index (κ1) is 19.3. The van der Waals surface area contributed by atoms with E-state index in [2.05, 4.69) is 25.1 Å². The van der Waals surface area contributed by atoms with Crippen molar-refractivity contribution in [3.8, 4) is 5.75 Å². The van der Waals surface area contributed by atoms with Crippen LogP contribution >= 0.6 is 0 Å². The van der Waals surface area contributed by atoms with E-state index in [1.165, 1.54) is 82.8 Å². The van der Waals surface area contributed by atoms with Gasteiger partial charge in [0.25, 0.3) is 0 Å². The molecule has 0 spiro atoms. The summed E-state index contributed by atoms with van der Waals surface area (Å²) >= 11 is 0. The van der Waals surface area contributed by atoms with Crippen LogP contribution in [0, 0.1) is 35.5 Å². The lowest BCUT2D eigenvalue weighted by Crippen LogP contribution is -2.50. The molecule has 0 aromatic heterocycles. The number of hydrogen-bond donors (Lipinski definition) is 0. The van der Waals surface area contributed by atoms with Gasteiger partial charge in [0.15, 0.2) is 0 Å². The highest BCUT2D eigenvalue weighted by Crippen LogP contribution is 2.65. The zero-order chi connectivity index (χ0) is 21.1. The summed E-state index contributed by atoms with van der Waals surface area (Å²) < 4.78 is 12.7. The van der Waals surface area contributed by atoms with Gasteiger partial charge in [0.05, 0.1) is 6.10 Å². The molecule has 32 heavy (non-hydrogen) atoms. The standard InChI is InChI=1S/C30H40O2/c1-18-27(32-18)17-31-28-25(29-11-19-5-20(12-29)7-21(6-19)13-29)3-2-4-26(28)30-14-22-8-23(15-30)10-24(9-22)16-30/h2-4,18-24,27H,5-17H2,1H3. The highest BCUT2D eigenvalue weighted by Gasteiger charge is 2.56. The summed E-state index contributed by atoms with van der Waals surface area (Å²) in [4.78, 5) is 0. The van der Waals surface area contributed by atoms with Crippen LogP contribution in [0.25, 0.3) is 0 Å². The third-order valence-corrected chi connectivity index (χ3v) is 11.5. The van der Waals surface area contributed by atoms with E-state index < -0.39 is 0 Å². The molecule has 2 atom stereocenters. The molecule has 1 aromatic carbocycles. The molecule has 2 heteroatoms. The van der Waals surface area contributed by atoms with Crippen molar-refractivity contribution in [3.63, 3.8) is 0 Å². The summed E-state index contributed by atoms with van der Waals surface area (Å²) in [5.41, 5.74) is 4.05. The van der Waals surface area contributed by atoms with Crippen LogP contribution in [-0.2, 0) is 15.6 Å². The molecule has 0 amide bonds. The smallest absolute Gasteiger partial charge is 0.126 e. The van der Waals surface area contributed by atoms with E-state index in [4.69, 9.17) is 9.47 Å². The largest absolute Gasteiger partial charge is 0.490 e. The van der Waals surface area contributed by atoms with Gasteiger partial charge in [-0.3, -0.25) is 0 Å². The van der Waals surface area contributed by atoms with Gasteiger partial charge in [0.1, 0.15) is 18.5 Å². The zero-order valence-corrected chi connectivity index (χ0v) is 19.9. The van der Waals surface area contributed by atoms with Crippen molar-refractivity contribution in [3.05, 3.63) is 29.3 Å². The van der Waals surface area contributed by atoms with E-state index >= 15 is 0 Å². The molecule has 8 bridgehead atoms. The van der Waals surface area contributed by atoms with Crippen molar-refractivity contribution >= 4 is 0 Å². The second-order valence-corrected chi connectivity index (χ2v) is 13.8. The van der Waals surface area contributed by atoms with Crippen LogP contribution < -0.4 is 4.74 Å². The molecule has 1 heterocycles. The summed E-state index contributed by atoms with van der Waals surface area (Å²) in [6.07, 6.45) is 18.3. The van der Waals surface area contributed by atoms with Crippen LogP contribution in [0.1, 0.15) is 95.1 Å². The average Bonchev–Trinajstić information content (AvgIpc) is 3.45. The Kier molecular flexibility index (Phi) is 3.95. The van der Waals surface area contributed by atoms with Crippen LogP contribution in [0.4, 0.5) is 0 Å². The molecular formula is C30H40O2. The second-order valence-electron chi connectivity index (χ2n) is 13.8. The Labute approximate surface area is 193 Å². The first-order valence-electron chi connectivity index (χ1n) is 14.0. The number of hydrogen-bond acceptors (Lipinski definition) is 2. The minimum absolute atomic E-state index is 0.309. The minimum atomic E-state index is 0.309. The minimum Gasteiger partial charge on any atom is -0.490 e. The number of ether oxygens (including phenoxy) is 2. The lowest BCUT2D eigenvalue weighted by atomic mass is 9.46. The molecule has 2 unspecified atom stereocenters. The fourth-order valence-corrected chi connectivity index (χ4v) is 11.0. The van der Waals surface area contributed by atoms with Gasteiger partial charge in [0.2, 0.25) is 0 Å². The van der Waals surface area contributed by atoms with Crippen LogP contribution in [-0.4, -0.2) is 18.8 Å². The number of epoxide rings is 1. The molecule has 0 N–H and O–H groups in total. The maximum atomic E-state index is 6.92. The highest BCUT2D eigenvalue weighted by molar-refractivity contribution is 5.51. The van der Waals surface area contributed by atoms with E-state index in [1.54, 1.807) is 11.1 Å². The van der Waals surface area contributed by atoms with Gasteiger partial charge in [-0.1, -0.05) is 18.2 Å². The molecule has 1 aliphatic heterocycles. The van der Waals surface area contributed by atoms with Gasteiger partial charge in [-0.2, -0.15) is 0 Å². The fraction of sp³-hybridized carbons (Fsp3) is 0.800. The Hall–Kier alpha value is -1.02. The molecule has 172 valence electrons. The highest BCUT2D eigenvalue weighted by atomic mass is 16.6. The lowest BCUT2D eigenvalue weighted by molar-refractivity contribution is -0.0108. The maximum Gasteiger partial charge on any atom is 0.126 e. The molecule has 9 aliphatic rings. The van der Waals surface area contributed by atoms with Crippen molar-refractivity contribution < 1.29 is 9.47 Å². The van der Waals surface area contributed by atoms with Gasteiger partial charge >= 0.3 is 0 Å². The van der Waals surface area contributed by atoms with Gasteiger partial charge < -0.3 is 9.47 Å². The first-order valence-corrected chi connectivity index (χ1v) is 14.0. The van der Waals surface area contributed by atoms with Crippen molar-refractivity contribution in [1.82, 2.24) is 0 Å². The van der Waals surface area contributed by atoms with Crippen molar-refractivity contribution in [2.24, 2.45) is 35.5 Å². The number of para-hydroxylation sites is 1. The van der Waals surface area contributed by atoms with Gasteiger partial charge in [-0.25, -0.2) is 0 Å². The topological polar surface area (TPSA) is 21.8 Å². The van der Waals surface area contributed by atoms with Crippen LogP contribution in [0.5, 0.6) is 5.75 Å². The van der Waals surface area contributed by atoms with Gasteiger partial charge in [-0.05, 0) is 130 Å². The Bertz CT molecular complexity index is 798. The average molecular weight is 433 g/mol. The van der Waals surface area contributed by atoms with E-state index in [0.29, 0.717) is 23.0 Å². The third kappa shape index (κ3) is 2.80. The Morgan fingerprint density at radius 3 is 1.44 bits per heavy atom. The monoisotopic (exact) mass is 432 g/mol. The normalized spacial score (nSPS) is 51.9. The van der Waals surface area contributed by atoms with Crippen molar-refractivity contribution in [2.75, 3.05) is 6.61 Å². The van der Waals surface area contributed by atoms with Gasteiger partial charge in [0, 0.05) is 11.1 Å². The first-order chi connectivity index (χ1) is 15.6. The Morgan fingerprint density at radius 2 is 1.09 bits per heavy atom. The summed E-state index contributed by atoms with van der Waals surface area (Å²) in [6.45, 7) is 2.95. The predicted octanol–water partition coefficient (Wildman–Crippen LogP) is 6.79. The van der Waals surface area contributed by atoms with Gasteiger partial charge in [-0.15, -0.1) is 0 Å². The predicted molar refractivity (Wildman–Crippen MR) is 126 cm³/mol. The van der Waals surface area contributed by atoms with Crippen molar-refractivity contribution in [2.45, 2.75) is 107 Å². The second kappa shape index (κ2) is 6.55. The summed E-state index contributed by atoms with van der Waals surface area (Å²) in [6, 6.07) is 7.44. The quantitative estimate of drug-likeness (QED) is 0.478. The van der Waals surface area contributed by atoms with E-state index in [9.17, 15) is 0 Å². The maximum absolute atomic E-state index is 6.92. The molecule has 10 rings (SSSR count). The van der Waals surface area contributed by atoms with Crippen molar-refractivity contribution in [1.29, 1.82) is 0 Å². The molecule has 1 saturated heterocycles. The molecule has 0 radical (unpaired) electrons. The molecule has 9 fully saturated rings. The summed E-state index contributed by atoms with van der Waals surface area (Å²) in [7, 11) is 0. The molecule has 8 aliphatic carbocycles. The number of rotatable bonds is 5. The zero-order valence-electron chi connectivity index (χ0n) is 19.9. The van der Waals surface area contributed by atoms with E-state index in [0.717, 1.165) is 42.1 Å². The Balaban J connectivity index is 1.24. The fourth-order valence-electron chi connectivity index (χ4n) is 11.0. The summed E-state index contributed by atoms with van der Waals surface area (Å²) in [5.74, 6) is 7.20. The lowest BCUT2D eigenvalue weighted by Gasteiger charge is -2.59. The third-order valence-electron chi connectivity index (χ3n) is 11.5.